The molecule has 2 rings (SSSR count). The van der Waals surface area contributed by atoms with Crippen LogP contribution in [-0.2, 0) is 4.79 Å². The van der Waals surface area contributed by atoms with Crippen molar-refractivity contribution in [2.24, 2.45) is 0 Å². The zero-order chi connectivity index (χ0) is 15.2. The second-order valence-electron chi connectivity index (χ2n) is 5.77. The molecule has 4 nitrogen and oxygen atoms in total. The number of hydrogen-bond donors (Lipinski definition) is 1. The van der Waals surface area contributed by atoms with Gasteiger partial charge in [-0.3, -0.25) is 4.79 Å². The Morgan fingerprint density at radius 2 is 2.24 bits per heavy atom. The summed E-state index contributed by atoms with van der Waals surface area (Å²) in [5, 5.41) is 9.00. The molecule has 0 aromatic heterocycles. The molecule has 0 aliphatic heterocycles. The Morgan fingerprint density at radius 1 is 1.48 bits per heavy atom. The van der Waals surface area contributed by atoms with E-state index in [1.807, 2.05) is 36.1 Å². The molecule has 116 valence electrons. The normalized spacial score (nSPS) is 16.1. The highest BCUT2D eigenvalue weighted by molar-refractivity contribution is 5.81. The maximum Gasteiger partial charge on any atom is 0.263 e. The summed E-state index contributed by atoms with van der Waals surface area (Å²) in [5.74, 6) is 0.751. The summed E-state index contributed by atoms with van der Waals surface area (Å²) in [6.45, 7) is 4.53. The van der Waals surface area contributed by atoms with Gasteiger partial charge in [0.25, 0.3) is 5.91 Å². The van der Waals surface area contributed by atoms with E-state index >= 15 is 0 Å². The number of aliphatic hydroxyl groups excluding tert-OH is 1. The Kier molecular flexibility index (Phi) is 5.62. The molecule has 0 radical (unpaired) electrons. The number of amides is 1. The second kappa shape index (κ2) is 7.46. The highest BCUT2D eigenvalue weighted by Gasteiger charge is 2.31. The number of aryl methyl sites for hydroxylation is 1. The van der Waals surface area contributed by atoms with Crippen LogP contribution in [0.3, 0.4) is 0 Å². The first-order valence-electron chi connectivity index (χ1n) is 7.76. The topological polar surface area (TPSA) is 49.8 Å². The molecular formula is C17H25NO3. The summed E-state index contributed by atoms with van der Waals surface area (Å²) >= 11 is 0. The maximum atomic E-state index is 12.6. The van der Waals surface area contributed by atoms with E-state index in [0.29, 0.717) is 19.0 Å². The lowest BCUT2D eigenvalue weighted by atomic mass is 9.91. The van der Waals surface area contributed by atoms with E-state index in [0.717, 1.165) is 24.2 Å². The predicted octanol–water partition coefficient (Wildman–Crippen LogP) is 2.53. The molecule has 1 N–H and O–H groups in total. The summed E-state index contributed by atoms with van der Waals surface area (Å²) in [6.07, 6.45) is 3.44. The van der Waals surface area contributed by atoms with Crippen molar-refractivity contribution in [1.29, 1.82) is 0 Å². The van der Waals surface area contributed by atoms with Crippen LogP contribution in [0.1, 0.15) is 38.2 Å². The summed E-state index contributed by atoms with van der Waals surface area (Å²) in [6, 6.07) is 8.06. The van der Waals surface area contributed by atoms with Gasteiger partial charge in [-0.1, -0.05) is 12.1 Å². The summed E-state index contributed by atoms with van der Waals surface area (Å²) in [5.41, 5.74) is 1.11. The van der Waals surface area contributed by atoms with Gasteiger partial charge in [0, 0.05) is 19.2 Å². The number of carbonyl (C=O) groups excluding carboxylic acids is 1. The fourth-order valence-corrected chi connectivity index (χ4v) is 2.59. The van der Waals surface area contributed by atoms with Gasteiger partial charge in [-0.2, -0.15) is 0 Å². The Labute approximate surface area is 126 Å². The van der Waals surface area contributed by atoms with Crippen LogP contribution in [0.15, 0.2) is 24.3 Å². The average molecular weight is 291 g/mol. The minimum absolute atomic E-state index is 0.0228. The Morgan fingerprint density at radius 3 is 2.81 bits per heavy atom. The molecule has 1 saturated carbocycles. The predicted molar refractivity (Wildman–Crippen MR) is 82.3 cm³/mol. The van der Waals surface area contributed by atoms with Gasteiger partial charge in [-0.15, -0.1) is 0 Å². The number of hydrogen-bond acceptors (Lipinski definition) is 3. The smallest absolute Gasteiger partial charge is 0.263 e. The van der Waals surface area contributed by atoms with Gasteiger partial charge in [0.2, 0.25) is 0 Å². The van der Waals surface area contributed by atoms with Gasteiger partial charge in [-0.05, 0) is 57.2 Å². The lowest BCUT2D eigenvalue weighted by Crippen LogP contribution is -2.49. The van der Waals surface area contributed by atoms with Gasteiger partial charge in [0.15, 0.2) is 6.10 Å². The number of aliphatic hydroxyl groups is 1. The summed E-state index contributed by atoms with van der Waals surface area (Å²) < 4.78 is 5.78. The standard InChI is InChI=1S/C17H25NO3/c1-13-6-3-9-16(12-13)21-14(2)17(20)18(10-5-11-19)15-7-4-8-15/h3,6,9,12,14-15,19H,4-5,7-8,10-11H2,1-2H3. The fraction of sp³-hybridized carbons (Fsp3) is 0.588. The van der Waals surface area contributed by atoms with Crippen LogP contribution < -0.4 is 4.74 Å². The number of nitrogens with zero attached hydrogens (tertiary/aromatic N) is 1. The molecule has 1 fully saturated rings. The molecule has 1 aromatic carbocycles. The third-order valence-corrected chi connectivity index (χ3v) is 4.01. The van der Waals surface area contributed by atoms with Crippen molar-refractivity contribution in [1.82, 2.24) is 4.90 Å². The minimum atomic E-state index is -0.494. The van der Waals surface area contributed by atoms with E-state index in [1.165, 1.54) is 6.42 Å². The average Bonchev–Trinajstić information content (AvgIpc) is 2.40. The summed E-state index contributed by atoms with van der Waals surface area (Å²) in [4.78, 5) is 14.5. The molecular weight excluding hydrogens is 266 g/mol. The van der Waals surface area contributed by atoms with Crippen molar-refractivity contribution in [3.05, 3.63) is 29.8 Å². The molecule has 1 aliphatic rings. The van der Waals surface area contributed by atoms with Crippen LogP contribution in [0.2, 0.25) is 0 Å². The van der Waals surface area contributed by atoms with Crippen LogP contribution in [0.4, 0.5) is 0 Å². The molecule has 1 amide bonds. The quantitative estimate of drug-likeness (QED) is 0.840. The van der Waals surface area contributed by atoms with Crippen LogP contribution in [0.5, 0.6) is 5.75 Å². The Balaban J connectivity index is 1.98. The first-order valence-corrected chi connectivity index (χ1v) is 7.76. The molecule has 1 atom stereocenters. The van der Waals surface area contributed by atoms with Crippen LogP contribution >= 0.6 is 0 Å². The van der Waals surface area contributed by atoms with Gasteiger partial charge in [-0.25, -0.2) is 0 Å². The van der Waals surface area contributed by atoms with Crippen molar-refractivity contribution in [2.75, 3.05) is 13.2 Å². The highest BCUT2D eigenvalue weighted by atomic mass is 16.5. The van der Waals surface area contributed by atoms with E-state index in [9.17, 15) is 4.79 Å². The number of benzene rings is 1. The van der Waals surface area contributed by atoms with E-state index in [-0.39, 0.29) is 12.5 Å². The van der Waals surface area contributed by atoms with Gasteiger partial charge in [0.1, 0.15) is 5.75 Å². The van der Waals surface area contributed by atoms with Crippen molar-refractivity contribution in [2.45, 2.75) is 51.7 Å². The molecule has 0 bridgehead atoms. The van der Waals surface area contributed by atoms with Crippen LogP contribution in [0, 0.1) is 6.92 Å². The SMILES string of the molecule is Cc1cccc(OC(C)C(=O)N(CCCO)C2CCC2)c1. The minimum Gasteiger partial charge on any atom is -0.481 e. The highest BCUT2D eigenvalue weighted by Crippen LogP contribution is 2.26. The number of rotatable bonds is 7. The van der Waals surface area contributed by atoms with Crippen LogP contribution in [-0.4, -0.2) is 41.2 Å². The van der Waals surface area contributed by atoms with E-state index in [1.54, 1.807) is 6.92 Å². The summed E-state index contributed by atoms with van der Waals surface area (Å²) in [7, 11) is 0. The second-order valence-corrected chi connectivity index (χ2v) is 5.77. The molecule has 0 saturated heterocycles. The van der Waals surface area contributed by atoms with E-state index in [4.69, 9.17) is 9.84 Å². The molecule has 0 spiro atoms. The monoisotopic (exact) mass is 291 g/mol. The van der Waals surface area contributed by atoms with Gasteiger partial charge in [0.05, 0.1) is 0 Å². The van der Waals surface area contributed by atoms with Crippen molar-refractivity contribution < 1.29 is 14.6 Å². The van der Waals surface area contributed by atoms with Crippen molar-refractivity contribution in [3.63, 3.8) is 0 Å². The van der Waals surface area contributed by atoms with Crippen LogP contribution in [0.25, 0.3) is 0 Å². The maximum absolute atomic E-state index is 12.6. The molecule has 4 heteroatoms. The lowest BCUT2D eigenvalue weighted by Gasteiger charge is -2.38. The lowest BCUT2D eigenvalue weighted by molar-refractivity contribution is -0.142. The Hall–Kier alpha value is -1.55. The molecule has 1 aromatic rings. The fourth-order valence-electron chi connectivity index (χ4n) is 2.59. The zero-order valence-electron chi connectivity index (χ0n) is 12.9. The Bertz CT molecular complexity index is 471. The molecule has 1 aliphatic carbocycles. The van der Waals surface area contributed by atoms with Crippen molar-refractivity contribution >= 4 is 5.91 Å². The van der Waals surface area contributed by atoms with Gasteiger partial charge >= 0.3 is 0 Å². The molecule has 1 unspecified atom stereocenters. The van der Waals surface area contributed by atoms with Gasteiger partial charge < -0.3 is 14.7 Å². The number of carbonyl (C=O) groups is 1. The molecule has 0 heterocycles. The number of ether oxygens (including phenoxy) is 1. The molecule has 21 heavy (non-hydrogen) atoms. The third kappa shape index (κ3) is 4.21. The largest absolute Gasteiger partial charge is 0.481 e. The van der Waals surface area contributed by atoms with E-state index < -0.39 is 6.10 Å². The van der Waals surface area contributed by atoms with E-state index in [2.05, 4.69) is 0 Å². The first kappa shape index (κ1) is 15.8. The van der Waals surface area contributed by atoms with Crippen molar-refractivity contribution in [3.8, 4) is 5.75 Å². The third-order valence-electron chi connectivity index (χ3n) is 4.01. The first-order chi connectivity index (χ1) is 10.1. The zero-order valence-corrected chi connectivity index (χ0v) is 12.9.